The standard InChI is InChI=1S/C36H40F3N7O8S/c1-19-20(2)54-44-28(19)31(48)41-26-13-7-5-3-4-6-10-21-17-35(21,34(50)45-55(51,52)23-14-15-23)43-30(47)27-16-22(18-46(27)33(26)49)53-32-29(36(37,38)39)40-24-11-8-9-12-25(24)42-32/h6,8-12,21-23,26-27H,3-5,7,13-18H2,1-2H3,(H,41,48)(H,43,47)(H,45,50)/b10-6-/t21-,22-,26+,27+,35-/m1/s1. The van der Waals surface area contributed by atoms with Crippen LogP contribution in [-0.2, 0) is 30.6 Å². The largest absolute Gasteiger partial charge is 0.471 e. The Labute approximate surface area is 313 Å². The number of fused-ring (bicyclic) bond motifs is 3. The highest BCUT2D eigenvalue weighted by Gasteiger charge is 2.62. The smallest absolute Gasteiger partial charge is 0.438 e. The Morgan fingerprint density at radius 2 is 1.78 bits per heavy atom. The molecule has 5 atom stereocenters. The third kappa shape index (κ3) is 7.88. The van der Waals surface area contributed by atoms with Crippen LogP contribution in [0.3, 0.4) is 0 Å². The zero-order valence-corrected chi connectivity index (χ0v) is 30.8. The van der Waals surface area contributed by atoms with Gasteiger partial charge in [0.05, 0.1) is 22.8 Å². The zero-order valence-electron chi connectivity index (χ0n) is 30.0. The van der Waals surface area contributed by atoms with Gasteiger partial charge in [-0.15, -0.1) is 0 Å². The average molecular weight is 788 g/mol. The van der Waals surface area contributed by atoms with E-state index in [2.05, 4.69) is 30.5 Å². The van der Waals surface area contributed by atoms with Crippen LogP contribution in [0.5, 0.6) is 5.88 Å². The van der Waals surface area contributed by atoms with E-state index in [-0.39, 0.29) is 36.0 Å². The van der Waals surface area contributed by atoms with Gasteiger partial charge in [-0.05, 0) is 64.5 Å². The topological polar surface area (TPSA) is 203 Å². The van der Waals surface area contributed by atoms with Gasteiger partial charge in [0.1, 0.15) is 29.5 Å². The average Bonchev–Trinajstić information content (AvgIpc) is 4.04. The minimum Gasteiger partial charge on any atom is -0.471 e. The van der Waals surface area contributed by atoms with E-state index in [1.807, 2.05) is 6.08 Å². The van der Waals surface area contributed by atoms with Gasteiger partial charge in [-0.25, -0.2) is 18.4 Å². The molecule has 4 heterocycles. The maximum atomic E-state index is 14.5. The number of amides is 4. The fourth-order valence-corrected chi connectivity index (χ4v) is 8.48. The highest BCUT2D eigenvalue weighted by molar-refractivity contribution is 7.91. The fourth-order valence-electron chi connectivity index (χ4n) is 7.11. The number of para-hydroxylation sites is 2. The van der Waals surface area contributed by atoms with Gasteiger partial charge in [0.2, 0.25) is 33.4 Å². The van der Waals surface area contributed by atoms with E-state index in [0.717, 1.165) is 4.90 Å². The molecule has 1 aromatic carbocycles. The summed E-state index contributed by atoms with van der Waals surface area (Å²) in [6, 6.07) is 3.32. The van der Waals surface area contributed by atoms with Crippen molar-refractivity contribution in [2.45, 2.75) is 107 Å². The van der Waals surface area contributed by atoms with Crippen molar-refractivity contribution in [2.75, 3.05) is 6.54 Å². The number of sulfonamides is 1. The Kier molecular flexibility index (Phi) is 10.1. The number of carbonyl (C=O) groups is 4. The van der Waals surface area contributed by atoms with Crippen LogP contribution in [0.4, 0.5) is 13.2 Å². The van der Waals surface area contributed by atoms with E-state index in [9.17, 15) is 40.8 Å². The van der Waals surface area contributed by atoms with Crippen molar-refractivity contribution in [2.24, 2.45) is 5.92 Å². The quantitative estimate of drug-likeness (QED) is 0.296. The predicted molar refractivity (Wildman–Crippen MR) is 188 cm³/mol. The molecule has 0 unspecified atom stereocenters. The molecule has 3 aromatic rings. The summed E-state index contributed by atoms with van der Waals surface area (Å²) in [7, 11) is -3.99. The number of rotatable bonds is 7. The number of benzene rings is 1. The number of nitrogens with zero attached hydrogens (tertiary/aromatic N) is 4. The number of aromatic nitrogens is 3. The van der Waals surface area contributed by atoms with Gasteiger partial charge in [0.15, 0.2) is 5.69 Å². The van der Waals surface area contributed by atoms with Gasteiger partial charge < -0.3 is 24.8 Å². The van der Waals surface area contributed by atoms with E-state index in [1.165, 1.54) is 18.2 Å². The normalized spacial score (nSPS) is 26.9. The number of aryl methyl sites for hydroxylation is 1. The molecule has 3 N–H and O–H groups in total. The van der Waals surface area contributed by atoms with Gasteiger partial charge in [0, 0.05) is 17.9 Å². The maximum absolute atomic E-state index is 14.5. The van der Waals surface area contributed by atoms with E-state index in [0.29, 0.717) is 49.8 Å². The molecule has 0 bridgehead atoms. The molecule has 19 heteroatoms. The van der Waals surface area contributed by atoms with Crippen LogP contribution >= 0.6 is 0 Å². The minimum atomic E-state index is -4.97. The number of ether oxygens (including phenoxy) is 1. The van der Waals surface area contributed by atoms with Crippen molar-refractivity contribution in [3.63, 3.8) is 0 Å². The number of alkyl halides is 3. The van der Waals surface area contributed by atoms with Crippen LogP contribution in [0, 0.1) is 19.8 Å². The summed E-state index contributed by atoms with van der Waals surface area (Å²) in [4.78, 5) is 64.8. The molecule has 1 saturated heterocycles. The molecular weight excluding hydrogens is 747 g/mol. The lowest BCUT2D eigenvalue weighted by Crippen LogP contribution is -2.58. The molecular formula is C36H40F3N7O8S. The third-order valence-corrected chi connectivity index (χ3v) is 12.4. The first-order chi connectivity index (χ1) is 26.1. The lowest BCUT2D eigenvalue weighted by molar-refractivity contribution is -0.143. The van der Waals surface area contributed by atoms with Crippen molar-refractivity contribution in [3.05, 3.63) is 59.1 Å². The van der Waals surface area contributed by atoms with Crippen LogP contribution in [0.15, 0.2) is 40.9 Å². The Morgan fingerprint density at radius 3 is 2.45 bits per heavy atom. The molecule has 15 nitrogen and oxygen atoms in total. The Morgan fingerprint density at radius 1 is 1.05 bits per heavy atom. The molecule has 2 saturated carbocycles. The number of allylic oxidation sites excluding steroid dienone is 1. The number of hydrogen-bond donors (Lipinski definition) is 3. The van der Waals surface area contributed by atoms with E-state index >= 15 is 0 Å². The van der Waals surface area contributed by atoms with Crippen LogP contribution < -0.4 is 20.1 Å². The molecule has 0 radical (unpaired) electrons. The van der Waals surface area contributed by atoms with Crippen LogP contribution in [0.1, 0.15) is 85.3 Å². The van der Waals surface area contributed by atoms with Crippen LogP contribution in [0.2, 0.25) is 0 Å². The second-order valence-electron chi connectivity index (χ2n) is 14.6. The number of carbonyl (C=O) groups excluding carboxylic acids is 4. The summed E-state index contributed by atoms with van der Waals surface area (Å²) in [5.74, 6) is -4.18. The second kappa shape index (κ2) is 14.5. The van der Waals surface area contributed by atoms with Crippen molar-refractivity contribution in [1.82, 2.24) is 35.4 Å². The molecule has 0 spiro atoms. The van der Waals surface area contributed by atoms with E-state index in [1.54, 1.807) is 26.0 Å². The van der Waals surface area contributed by atoms with Crippen LogP contribution in [0.25, 0.3) is 11.0 Å². The number of nitrogens with one attached hydrogen (secondary N) is 3. The highest BCUT2D eigenvalue weighted by Crippen LogP contribution is 2.46. The lowest BCUT2D eigenvalue weighted by Gasteiger charge is -2.29. The van der Waals surface area contributed by atoms with Gasteiger partial charge >= 0.3 is 6.18 Å². The minimum absolute atomic E-state index is 0.0211. The summed E-state index contributed by atoms with van der Waals surface area (Å²) in [5.41, 5.74) is -2.53. The fraction of sp³-hybridized carbons (Fsp3) is 0.528. The lowest BCUT2D eigenvalue weighted by atomic mass is 10.0. The summed E-state index contributed by atoms with van der Waals surface area (Å²) in [5, 5.41) is 8.53. The molecule has 4 aliphatic rings. The molecule has 2 aromatic heterocycles. The maximum Gasteiger partial charge on any atom is 0.438 e. The molecule has 2 aliphatic heterocycles. The van der Waals surface area contributed by atoms with Crippen molar-refractivity contribution >= 4 is 44.7 Å². The van der Waals surface area contributed by atoms with E-state index in [4.69, 9.17) is 9.26 Å². The summed E-state index contributed by atoms with van der Waals surface area (Å²) >= 11 is 0. The van der Waals surface area contributed by atoms with Gasteiger partial charge in [-0.3, -0.25) is 23.9 Å². The predicted octanol–water partition coefficient (Wildman–Crippen LogP) is 3.40. The zero-order chi connectivity index (χ0) is 39.3. The molecule has 294 valence electrons. The van der Waals surface area contributed by atoms with Gasteiger partial charge in [-0.1, -0.05) is 42.3 Å². The monoisotopic (exact) mass is 787 g/mol. The van der Waals surface area contributed by atoms with Crippen LogP contribution in [-0.4, -0.2) is 87.6 Å². The molecule has 4 amide bonds. The van der Waals surface area contributed by atoms with Gasteiger partial charge in [-0.2, -0.15) is 13.2 Å². The van der Waals surface area contributed by atoms with Crippen molar-refractivity contribution in [1.29, 1.82) is 0 Å². The van der Waals surface area contributed by atoms with E-state index < -0.39 is 92.8 Å². The number of hydrogen-bond acceptors (Lipinski definition) is 11. The summed E-state index contributed by atoms with van der Waals surface area (Å²) < 4.78 is 81.5. The Bertz CT molecular complexity index is 2170. The molecule has 3 fully saturated rings. The van der Waals surface area contributed by atoms with Crippen molar-refractivity contribution in [3.8, 4) is 5.88 Å². The molecule has 2 aliphatic carbocycles. The first-order valence-electron chi connectivity index (χ1n) is 18.2. The second-order valence-corrected chi connectivity index (χ2v) is 16.6. The molecule has 7 rings (SSSR count). The highest BCUT2D eigenvalue weighted by atomic mass is 32.2. The first kappa shape index (κ1) is 38.2. The summed E-state index contributed by atoms with van der Waals surface area (Å²) in [6.07, 6.45) is 0.572. The Balaban J connectivity index is 1.22. The Hall–Kier alpha value is -5.07. The van der Waals surface area contributed by atoms with Gasteiger partial charge in [0.25, 0.3) is 11.8 Å². The molecule has 55 heavy (non-hydrogen) atoms. The van der Waals surface area contributed by atoms with Crippen molar-refractivity contribution < 1.29 is 50.0 Å². The number of halogens is 3. The first-order valence-corrected chi connectivity index (χ1v) is 19.7. The SMILES string of the molecule is Cc1onc(C(=O)N[C@H]2CCCCC/C=C\[C@@H]3C[C@@]3(C(=O)NS(=O)(=O)C3CC3)NC(=O)[C@@H]3C[C@@H](Oc4nc5ccccc5nc4C(F)(F)F)CN3C2=O)c1C. The third-order valence-electron chi connectivity index (χ3n) is 10.6. The summed E-state index contributed by atoms with van der Waals surface area (Å²) in [6.45, 7) is 2.86.